The molecule has 0 N–H and O–H groups in total. The molecule has 0 spiro atoms. The van der Waals surface area contributed by atoms with Crippen LogP contribution in [0.2, 0.25) is 0 Å². The summed E-state index contributed by atoms with van der Waals surface area (Å²) in [6.07, 6.45) is 4.79. The number of nitriles is 1. The van der Waals surface area contributed by atoms with Gasteiger partial charge in [-0.2, -0.15) is 17.0 Å². The van der Waals surface area contributed by atoms with Crippen molar-refractivity contribution in [2.45, 2.75) is 6.42 Å². The lowest BCUT2D eigenvalue weighted by molar-refractivity contribution is 0.558. The fourth-order valence-electron chi connectivity index (χ4n) is 0.673. The summed E-state index contributed by atoms with van der Waals surface area (Å²) < 4.78 is 0. The van der Waals surface area contributed by atoms with Crippen LogP contribution in [0.1, 0.15) is 6.42 Å². The second kappa shape index (κ2) is 6.11. The molecule has 0 bridgehead atoms. The van der Waals surface area contributed by atoms with Crippen LogP contribution in [0.15, 0.2) is 11.8 Å². The number of nitrogens with zero attached hydrogens (tertiary/aromatic N) is 2. The number of hydrogen-bond acceptors (Lipinski definition) is 3. The van der Waals surface area contributed by atoms with Crippen LogP contribution < -0.4 is 0 Å². The van der Waals surface area contributed by atoms with Crippen molar-refractivity contribution in [1.82, 2.24) is 4.90 Å². The van der Waals surface area contributed by atoms with Crippen LogP contribution in [0, 0.1) is 11.3 Å². The second-order valence-corrected chi connectivity index (χ2v) is 3.46. The zero-order chi connectivity index (χ0) is 8.69. The first-order valence-corrected chi connectivity index (χ1v) is 4.86. The SMILES string of the molecule is CSCC/C(C#N)=C/N(C)C. The van der Waals surface area contributed by atoms with Gasteiger partial charge in [0.05, 0.1) is 6.07 Å². The van der Waals surface area contributed by atoms with E-state index in [4.69, 9.17) is 5.26 Å². The summed E-state index contributed by atoms with van der Waals surface area (Å²) in [5, 5.41) is 8.65. The Bertz CT molecular complexity index is 167. The summed E-state index contributed by atoms with van der Waals surface area (Å²) >= 11 is 1.76. The molecule has 0 saturated heterocycles. The quantitative estimate of drug-likeness (QED) is 0.601. The summed E-state index contributed by atoms with van der Waals surface area (Å²) in [6.45, 7) is 0. The van der Waals surface area contributed by atoms with Crippen molar-refractivity contribution in [2.75, 3.05) is 26.1 Å². The summed E-state index contributed by atoms with van der Waals surface area (Å²) in [5.41, 5.74) is 0.851. The van der Waals surface area contributed by atoms with E-state index < -0.39 is 0 Å². The molecule has 0 fully saturated rings. The highest BCUT2D eigenvalue weighted by Crippen LogP contribution is 2.05. The Kier molecular flexibility index (Phi) is 5.77. The van der Waals surface area contributed by atoms with Crippen molar-refractivity contribution in [2.24, 2.45) is 0 Å². The smallest absolute Gasteiger partial charge is 0.0962 e. The highest BCUT2D eigenvalue weighted by molar-refractivity contribution is 7.98. The molecular weight excluding hydrogens is 156 g/mol. The Labute approximate surface area is 72.9 Å². The average molecular weight is 170 g/mol. The molecule has 0 unspecified atom stereocenters. The van der Waals surface area contributed by atoms with Gasteiger partial charge in [0, 0.05) is 25.9 Å². The maximum absolute atomic E-state index is 8.65. The Morgan fingerprint density at radius 2 is 2.27 bits per heavy atom. The van der Waals surface area contributed by atoms with E-state index in [1.165, 1.54) is 0 Å². The molecule has 0 aliphatic heterocycles. The molecule has 0 rings (SSSR count). The molecule has 0 saturated carbocycles. The van der Waals surface area contributed by atoms with Crippen LogP contribution in [-0.4, -0.2) is 31.0 Å². The fraction of sp³-hybridized carbons (Fsp3) is 0.625. The van der Waals surface area contributed by atoms with Gasteiger partial charge in [0.1, 0.15) is 0 Å². The van der Waals surface area contributed by atoms with Crippen molar-refractivity contribution in [3.05, 3.63) is 11.8 Å². The van der Waals surface area contributed by atoms with E-state index in [2.05, 4.69) is 6.07 Å². The lowest BCUT2D eigenvalue weighted by Crippen LogP contribution is -2.02. The number of rotatable bonds is 4. The molecule has 0 aromatic carbocycles. The molecule has 0 amide bonds. The molecule has 0 atom stereocenters. The van der Waals surface area contributed by atoms with Gasteiger partial charge in [-0.1, -0.05) is 0 Å². The molecule has 62 valence electrons. The second-order valence-electron chi connectivity index (χ2n) is 2.47. The number of thioether (sulfide) groups is 1. The van der Waals surface area contributed by atoms with Crippen molar-refractivity contribution < 1.29 is 0 Å². The molecule has 0 aliphatic rings. The van der Waals surface area contributed by atoms with E-state index in [-0.39, 0.29) is 0 Å². The van der Waals surface area contributed by atoms with E-state index in [0.29, 0.717) is 0 Å². The number of allylic oxidation sites excluding steroid dienone is 1. The van der Waals surface area contributed by atoms with Gasteiger partial charge >= 0.3 is 0 Å². The van der Waals surface area contributed by atoms with Crippen molar-refractivity contribution in [1.29, 1.82) is 5.26 Å². The van der Waals surface area contributed by atoms with Gasteiger partial charge in [-0.15, -0.1) is 0 Å². The van der Waals surface area contributed by atoms with E-state index in [0.717, 1.165) is 17.7 Å². The first-order valence-electron chi connectivity index (χ1n) is 3.47. The molecule has 0 aromatic rings. The third-order valence-electron chi connectivity index (χ3n) is 1.13. The summed E-state index contributed by atoms with van der Waals surface area (Å²) in [4.78, 5) is 1.90. The Hall–Kier alpha value is -0.620. The minimum atomic E-state index is 0.851. The van der Waals surface area contributed by atoms with E-state index in [1.807, 2.05) is 31.5 Å². The predicted molar refractivity (Wildman–Crippen MR) is 50.4 cm³/mol. The maximum atomic E-state index is 8.65. The molecular formula is C8H14N2S. The van der Waals surface area contributed by atoms with Gasteiger partial charge in [-0.05, 0) is 18.4 Å². The fourth-order valence-corrected chi connectivity index (χ4v) is 1.10. The van der Waals surface area contributed by atoms with Crippen LogP contribution >= 0.6 is 11.8 Å². The van der Waals surface area contributed by atoms with E-state index >= 15 is 0 Å². The van der Waals surface area contributed by atoms with Gasteiger partial charge in [-0.25, -0.2) is 0 Å². The van der Waals surface area contributed by atoms with Crippen molar-refractivity contribution in [3.63, 3.8) is 0 Å². The lowest BCUT2D eigenvalue weighted by atomic mass is 10.2. The number of hydrogen-bond donors (Lipinski definition) is 0. The highest BCUT2D eigenvalue weighted by atomic mass is 32.2. The largest absolute Gasteiger partial charge is 0.383 e. The topological polar surface area (TPSA) is 27.0 Å². The normalized spacial score (nSPS) is 10.9. The van der Waals surface area contributed by atoms with Crippen molar-refractivity contribution in [3.8, 4) is 6.07 Å². The zero-order valence-corrected chi connectivity index (χ0v) is 8.11. The first kappa shape index (κ1) is 10.4. The third-order valence-corrected chi connectivity index (χ3v) is 1.75. The van der Waals surface area contributed by atoms with Crippen molar-refractivity contribution >= 4 is 11.8 Å². The summed E-state index contributed by atoms with van der Waals surface area (Å²) in [5.74, 6) is 1.02. The molecule has 3 heteroatoms. The summed E-state index contributed by atoms with van der Waals surface area (Å²) in [7, 11) is 3.85. The highest BCUT2D eigenvalue weighted by Gasteiger charge is 1.94. The Morgan fingerprint density at radius 3 is 2.64 bits per heavy atom. The van der Waals surface area contributed by atoms with Crippen LogP contribution in [0.4, 0.5) is 0 Å². The average Bonchev–Trinajstić information content (AvgIpc) is 1.97. The van der Waals surface area contributed by atoms with E-state index in [9.17, 15) is 0 Å². The predicted octanol–water partition coefficient (Wildman–Crippen LogP) is 1.71. The standard InChI is InChI=1S/C8H14N2S/c1-10(2)7-8(6-9)4-5-11-3/h7H,4-5H2,1-3H3/b8-7-. The Morgan fingerprint density at radius 1 is 1.64 bits per heavy atom. The molecule has 0 heterocycles. The van der Waals surface area contributed by atoms with Gasteiger partial charge < -0.3 is 4.90 Å². The van der Waals surface area contributed by atoms with Crippen LogP contribution in [0.3, 0.4) is 0 Å². The maximum Gasteiger partial charge on any atom is 0.0962 e. The monoisotopic (exact) mass is 170 g/mol. The lowest BCUT2D eigenvalue weighted by Gasteiger charge is -2.05. The van der Waals surface area contributed by atoms with Crippen LogP contribution in [0.25, 0.3) is 0 Å². The molecule has 0 radical (unpaired) electrons. The Balaban J connectivity index is 3.87. The third kappa shape index (κ3) is 5.81. The van der Waals surface area contributed by atoms with Gasteiger partial charge in [-0.3, -0.25) is 0 Å². The summed E-state index contributed by atoms with van der Waals surface area (Å²) in [6, 6.07) is 2.17. The van der Waals surface area contributed by atoms with Crippen LogP contribution in [0.5, 0.6) is 0 Å². The molecule has 11 heavy (non-hydrogen) atoms. The molecule has 0 aliphatic carbocycles. The van der Waals surface area contributed by atoms with Gasteiger partial charge in [0.2, 0.25) is 0 Å². The molecule has 0 aromatic heterocycles. The van der Waals surface area contributed by atoms with Crippen LogP contribution in [-0.2, 0) is 0 Å². The molecule has 2 nitrogen and oxygen atoms in total. The van der Waals surface area contributed by atoms with Gasteiger partial charge in [0.15, 0.2) is 0 Å². The minimum Gasteiger partial charge on any atom is -0.383 e. The first-order chi connectivity index (χ1) is 5.20. The zero-order valence-electron chi connectivity index (χ0n) is 7.29. The van der Waals surface area contributed by atoms with E-state index in [1.54, 1.807) is 11.8 Å². The van der Waals surface area contributed by atoms with Gasteiger partial charge in [0.25, 0.3) is 0 Å². The minimum absolute atomic E-state index is 0.851.